The van der Waals surface area contributed by atoms with Crippen molar-refractivity contribution < 1.29 is 14.6 Å². The number of carboxylic acid groups (broad SMARTS) is 1. The molecule has 0 bridgehead atoms. The largest absolute Gasteiger partial charge is 0.479 e. The number of carboxylic acids is 1. The average molecular weight is 223 g/mol. The van der Waals surface area contributed by atoms with E-state index in [2.05, 4.69) is 4.98 Å². The van der Waals surface area contributed by atoms with Gasteiger partial charge in [0.2, 0.25) is 0 Å². The Labute approximate surface area is 95.3 Å². The minimum absolute atomic E-state index is 0.266. The van der Waals surface area contributed by atoms with E-state index in [1.165, 1.54) is 0 Å². The van der Waals surface area contributed by atoms with E-state index in [0.717, 1.165) is 5.56 Å². The average Bonchev–Trinajstić information content (AvgIpc) is 2.17. The van der Waals surface area contributed by atoms with Crippen molar-refractivity contribution in [1.29, 1.82) is 0 Å². The molecule has 0 amide bonds. The van der Waals surface area contributed by atoms with Gasteiger partial charge in [-0.3, -0.25) is 4.98 Å². The number of carbonyl (C=O) groups is 1. The lowest BCUT2D eigenvalue weighted by Crippen LogP contribution is -2.36. The van der Waals surface area contributed by atoms with Gasteiger partial charge in [-0.05, 0) is 17.0 Å². The van der Waals surface area contributed by atoms with Crippen LogP contribution in [0.1, 0.15) is 26.3 Å². The standard InChI is InChI=1S/C12H17NO3/c1-12(2,3)10(11(14)15)16-8-9-5-4-6-13-7-9/h4-7,10H,8H2,1-3H3,(H,14,15). The molecule has 1 unspecified atom stereocenters. The molecule has 0 aromatic carbocycles. The van der Waals surface area contributed by atoms with Crippen molar-refractivity contribution in [2.75, 3.05) is 0 Å². The van der Waals surface area contributed by atoms with E-state index in [9.17, 15) is 4.79 Å². The lowest BCUT2D eigenvalue weighted by atomic mass is 9.89. The molecule has 0 saturated carbocycles. The first-order chi connectivity index (χ1) is 7.41. The molecule has 1 atom stereocenters. The van der Waals surface area contributed by atoms with Crippen molar-refractivity contribution >= 4 is 5.97 Å². The summed E-state index contributed by atoms with van der Waals surface area (Å²) < 4.78 is 5.41. The number of ether oxygens (including phenoxy) is 1. The third-order valence-electron chi connectivity index (χ3n) is 2.15. The molecule has 0 saturated heterocycles. The Morgan fingerprint density at radius 2 is 2.25 bits per heavy atom. The van der Waals surface area contributed by atoms with Gasteiger partial charge < -0.3 is 9.84 Å². The van der Waals surface area contributed by atoms with E-state index in [1.807, 2.05) is 26.8 Å². The molecular weight excluding hydrogens is 206 g/mol. The number of pyridine rings is 1. The van der Waals surface area contributed by atoms with Crippen LogP contribution in [0.15, 0.2) is 24.5 Å². The van der Waals surface area contributed by atoms with Crippen molar-refractivity contribution in [3.05, 3.63) is 30.1 Å². The quantitative estimate of drug-likeness (QED) is 0.849. The molecule has 16 heavy (non-hydrogen) atoms. The Morgan fingerprint density at radius 3 is 2.69 bits per heavy atom. The molecule has 0 spiro atoms. The Kier molecular flexibility index (Phi) is 4.01. The van der Waals surface area contributed by atoms with E-state index < -0.39 is 17.5 Å². The second-order valence-corrected chi connectivity index (χ2v) is 4.76. The maximum atomic E-state index is 11.0. The highest BCUT2D eigenvalue weighted by Crippen LogP contribution is 2.23. The number of rotatable bonds is 4. The molecule has 0 aliphatic carbocycles. The monoisotopic (exact) mass is 223 g/mol. The lowest BCUT2D eigenvalue weighted by molar-refractivity contribution is -0.159. The smallest absolute Gasteiger partial charge is 0.333 e. The highest BCUT2D eigenvalue weighted by atomic mass is 16.5. The Balaban J connectivity index is 2.62. The second-order valence-electron chi connectivity index (χ2n) is 4.76. The summed E-state index contributed by atoms with van der Waals surface area (Å²) in [6.07, 6.45) is 2.52. The summed E-state index contributed by atoms with van der Waals surface area (Å²) in [6, 6.07) is 3.65. The summed E-state index contributed by atoms with van der Waals surface area (Å²) in [5.41, 5.74) is 0.451. The maximum Gasteiger partial charge on any atom is 0.333 e. The van der Waals surface area contributed by atoms with Gasteiger partial charge in [0.05, 0.1) is 6.61 Å². The van der Waals surface area contributed by atoms with Crippen LogP contribution in [0.2, 0.25) is 0 Å². The van der Waals surface area contributed by atoms with Crippen LogP contribution in [0.25, 0.3) is 0 Å². The molecule has 0 radical (unpaired) electrons. The molecule has 4 heteroatoms. The molecule has 1 aromatic rings. The fourth-order valence-corrected chi connectivity index (χ4v) is 1.35. The van der Waals surface area contributed by atoms with Gasteiger partial charge in [0.25, 0.3) is 0 Å². The van der Waals surface area contributed by atoms with Gasteiger partial charge in [-0.2, -0.15) is 0 Å². The van der Waals surface area contributed by atoms with Gasteiger partial charge in [-0.25, -0.2) is 4.79 Å². The third-order valence-corrected chi connectivity index (χ3v) is 2.15. The fourth-order valence-electron chi connectivity index (χ4n) is 1.35. The first kappa shape index (κ1) is 12.6. The highest BCUT2D eigenvalue weighted by molar-refractivity contribution is 5.73. The predicted octanol–water partition coefficient (Wildman–Crippen LogP) is 2.10. The summed E-state index contributed by atoms with van der Waals surface area (Å²) in [7, 11) is 0. The van der Waals surface area contributed by atoms with Crippen LogP contribution in [-0.4, -0.2) is 22.2 Å². The van der Waals surface area contributed by atoms with Crippen LogP contribution in [0.4, 0.5) is 0 Å². The van der Waals surface area contributed by atoms with Gasteiger partial charge in [0, 0.05) is 12.4 Å². The normalized spacial score (nSPS) is 13.4. The van der Waals surface area contributed by atoms with Crippen molar-refractivity contribution in [1.82, 2.24) is 4.98 Å². The van der Waals surface area contributed by atoms with Gasteiger partial charge >= 0.3 is 5.97 Å². The topological polar surface area (TPSA) is 59.4 Å². The van der Waals surface area contributed by atoms with Crippen molar-refractivity contribution in [3.63, 3.8) is 0 Å². The summed E-state index contributed by atoms with van der Waals surface area (Å²) >= 11 is 0. The molecular formula is C12H17NO3. The van der Waals surface area contributed by atoms with Gasteiger partial charge in [0.15, 0.2) is 6.10 Å². The zero-order chi connectivity index (χ0) is 12.2. The molecule has 0 aliphatic heterocycles. The molecule has 1 heterocycles. The molecule has 1 rings (SSSR count). The Hall–Kier alpha value is -1.42. The third kappa shape index (κ3) is 3.62. The number of hydrogen-bond donors (Lipinski definition) is 1. The van der Waals surface area contributed by atoms with E-state index in [4.69, 9.17) is 9.84 Å². The van der Waals surface area contributed by atoms with E-state index >= 15 is 0 Å². The van der Waals surface area contributed by atoms with E-state index in [-0.39, 0.29) is 6.61 Å². The van der Waals surface area contributed by atoms with Crippen molar-refractivity contribution in [2.45, 2.75) is 33.5 Å². The fraction of sp³-hybridized carbons (Fsp3) is 0.500. The predicted molar refractivity (Wildman–Crippen MR) is 59.9 cm³/mol. The molecule has 88 valence electrons. The van der Waals surface area contributed by atoms with Crippen LogP contribution in [0, 0.1) is 5.41 Å². The zero-order valence-electron chi connectivity index (χ0n) is 9.80. The number of nitrogens with zero attached hydrogens (tertiary/aromatic N) is 1. The Morgan fingerprint density at radius 1 is 1.56 bits per heavy atom. The van der Waals surface area contributed by atoms with Gasteiger partial charge in [-0.1, -0.05) is 26.8 Å². The van der Waals surface area contributed by atoms with E-state index in [1.54, 1.807) is 18.5 Å². The van der Waals surface area contributed by atoms with E-state index in [0.29, 0.717) is 0 Å². The number of aliphatic carboxylic acids is 1. The molecule has 0 aliphatic rings. The molecule has 0 fully saturated rings. The minimum Gasteiger partial charge on any atom is -0.479 e. The van der Waals surface area contributed by atoms with Gasteiger partial charge in [-0.15, -0.1) is 0 Å². The SMILES string of the molecule is CC(C)(C)C(OCc1cccnc1)C(=O)O. The summed E-state index contributed by atoms with van der Waals surface area (Å²) in [5.74, 6) is -0.934. The van der Waals surface area contributed by atoms with Crippen molar-refractivity contribution in [3.8, 4) is 0 Å². The van der Waals surface area contributed by atoms with Crippen molar-refractivity contribution in [2.24, 2.45) is 5.41 Å². The number of aromatic nitrogens is 1. The summed E-state index contributed by atoms with van der Waals surface area (Å²) in [6.45, 7) is 5.79. The van der Waals surface area contributed by atoms with Crippen LogP contribution >= 0.6 is 0 Å². The maximum absolute atomic E-state index is 11.0. The first-order valence-corrected chi connectivity index (χ1v) is 5.14. The van der Waals surface area contributed by atoms with Crippen LogP contribution in [-0.2, 0) is 16.1 Å². The zero-order valence-corrected chi connectivity index (χ0v) is 9.80. The molecule has 1 aromatic heterocycles. The summed E-state index contributed by atoms with van der Waals surface area (Å²) in [5, 5.41) is 9.05. The molecule has 1 N–H and O–H groups in total. The lowest BCUT2D eigenvalue weighted by Gasteiger charge is -2.26. The second kappa shape index (κ2) is 5.07. The highest BCUT2D eigenvalue weighted by Gasteiger charge is 2.31. The summed E-state index contributed by atoms with van der Waals surface area (Å²) in [4.78, 5) is 15.0. The first-order valence-electron chi connectivity index (χ1n) is 5.14. The van der Waals surface area contributed by atoms with Crippen LogP contribution in [0.5, 0.6) is 0 Å². The van der Waals surface area contributed by atoms with Crippen LogP contribution < -0.4 is 0 Å². The number of hydrogen-bond acceptors (Lipinski definition) is 3. The Bertz CT molecular complexity index is 343. The molecule has 4 nitrogen and oxygen atoms in total. The van der Waals surface area contributed by atoms with Gasteiger partial charge in [0.1, 0.15) is 0 Å². The van der Waals surface area contributed by atoms with Crippen LogP contribution in [0.3, 0.4) is 0 Å². The minimum atomic E-state index is -0.934.